The fourth-order valence-electron chi connectivity index (χ4n) is 3.21. The Morgan fingerprint density at radius 1 is 1.24 bits per heavy atom. The lowest BCUT2D eigenvalue weighted by Gasteiger charge is -2.17. The van der Waals surface area contributed by atoms with Crippen LogP contribution < -0.4 is 16.0 Å². The van der Waals surface area contributed by atoms with E-state index in [4.69, 9.17) is 5.73 Å². The predicted octanol–water partition coefficient (Wildman–Crippen LogP) is 3.40. The van der Waals surface area contributed by atoms with Gasteiger partial charge in [0.05, 0.1) is 5.92 Å². The van der Waals surface area contributed by atoms with E-state index in [0.717, 1.165) is 16.8 Å². The van der Waals surface area contributed by atoms with Crippen LogP contribution in [0.1, 0.15) is 30.4 Å². The van der Waals surface area contributed by atoms with Gasteiger partial charge in [-0.05, 0) is 54.3 Å². The summed E-state index contributed by atoms with van der Waals surface area (Å²) in [6, 6.07) is 10.9. The minimum Gasteiger partial charge on any atom is -0.351 e. The summed E-state index contributed by atoms with van der Waals surface area (Å²) in [5.41, 5.74) is 8.58. The number of nitrogens with zero attached hydrogens (tertiary/aromatic N) is 1. The van der Waals surface area contributed by atoms with Gasteiger partial charge < -0.3 is 11.1 Å². The molecule has 3 amide bonds. The molecule has 25 heavy (non-hydrogen) atoms. The zero-order valence-corrected chi connectivity index (χ0v) is 14.0. The van der Waals surface area contributed by atoms with Crippen LogP contribution in [0.15, 0.2) is 42.5 Å². The number of fused-ring (bicyclic) bond motifs is 1. The average Bonchev–Trinajstić information content (AvgIpc) is 3.00. The van der Waals surface area contributed by atoms with Gasteiger partial charge in [0, 0.05) is 17.9 Å². The molecule has 0 radical (unpaired) electrons. The van der Waals surface area contributed by atoms with E-state index in [-0.39, 0.29) is 17.6 Å². The Bertz CT molecular complexity index is 805. The molecular weight excluding hydrogens is 321 g/mol. The van der Waals surface area contributed by atoms with Crippen molar-refractivity contribution in [2.45, 2.75) is 25.7 Å². The van der Waals surface area contributed by atoms with Crippen LogP contribution in [0, 0.1) is 5.82 Å². The first-order valence-electron chi connectivity index (χ1n) is 8.26. The lowest BCUT2D eigenvalue weighted by atomic mass is 9.95. The quantitative estimate of drug-likeness (QED) is 0.894. The van der Waals surface area contributed by atoms with Crippen LogP contribution in [0.25, 0.3) is 0 Å². The molecule has 0 aromatic heterocycles. The Balaban J connectivity index is 1.76. The second-order valence-corrected chi connectivity index (χ2v) is 6.09. The molecule has 0 bridgehead atoms. The van der Waals surface area contributed by atoms with Crippen LogP contribution in [0.3, 0.4) is 0 Å². The lowest BCUT2D eigenvalue weighted by molar-refractivity contribution is -0.117. The normalized spacial score (nSPS) is 14.1. The molecule has 6 heteroatoms. The third-order valence-electron chi connectivity index (χ3n) is 4.51. The summed E-state index contributed by atoms with van der Waals surface area (Å²) in [5, 5.41) is 2.91. The lowest BCUT2D eigenvalue weighted by Crippen LogP contribution is -2.33. The topological polar surface area (TPSA) is 75.4 Å². The molecule has 1 aliphatic rings. The van der Waals surface area contributed by atoms with Crippen molar-refractivity contribution in [2.75, 3.05) is 16.8 Å². The smallest absolute Gasteiger partial charge is 0.319 e. The maximum atomic E-state index is 13.1. The van der Waals surface area contributed by atoms with E-state index in [9.17, 15) is 14.0 Å². The highest BCUT2D eigenvalue weighted by Gasteiger charge is 2.24. The van der Waals surface area contributed by atoms with Crippen LogP contribution >= 0.6 is 0 Å². The molecule has 3 rings (SSSR count). The monoisotopic (exact) mass is 341 g/mol. The van der Waals surface area contributed by atoms with Crippen LogP contribution in [0.2, 0.25) is 0 Å². The fraction of sp³-hybridized carbons (Fsp3) is 0.263. The van der Waals surface area contributed by atoms with Crippen molar-refractivity contribution in [1.82, 2.24) is 0 Å². The average molecular weight is 341 g/mol. The van der Waals surface area contributed by atoms with Gasteiger partial charge in [-0.2, -0.15) is 0 Å². The van der Waals surface area contributed by atoms with E-state index >= 15 is 0 Å². The molecular formula is C19H20FN3O2. The van der Waals surface area contributed by atoms with Crippen molar-refractivity contribution in [1.29, 1.82) is 0 Å². The summed E-state index contributed by atoms with van der Waals surface area (Å²) < 4.78 is 13.1. The number of amides is 3. The number of urea groups is 1. The van der Waals surface area contributed by atoms with Gasteiger partial charge in [-0.1, -0.05) is 19.1 Å². The Labute approximate surface area is 145 Å². The molecule has 5 nitrogen and oxygen atoms in total. The molecule has 0 spiro atoms. The minimum atomic E-state index is -0.474. The van der Waals surface area contributed by atoms with Crippen LogP contribution in [0.4, 0.5) is 20.6 Å². The Kier molecular flexibility index (Phi) is 4.70. The van der Waals surface area contributed by atoms with Gasteiger partial charge in [-0.3, -0.25) is 9.69 Å². The summed E-state index contributed by atoms with van der Waals surface area (Å²) in [7, 11) is 0. The van der Waals surface area contributed by atoms with Gasteiger partial charge in [0.25, 0.3) is 0 Å². The summed E-state index contributed by atoms with van der Waals surface area (Å²) in [6.07, 6.45) is 1.31. The van der Waals surface area contributed by atoms with Crippen molar-refractivity contribution in [3.63, 3.8) is 0 Å². The first kappa shape index (κ1) is 17.0. The van der Waals surface area contributed by atoms with E-state index in [1.54, 1.807) is 24.3 Å². The van der Waals surface area contributed by atoms with E-state index in [2.05, 4.69) is 5.32 Å². The highest BCUT2D eigenvalue weighted by atomic mass is 19.1. The van der Waals surface area contributed by atoms with E-state index in [1.165, 1.54) is 17.0 Å². The second-order valence-electron chi connectivity index (χ2n) is 6.09. The SMILES string of the molecule is CC[C@@H](C(=O)Nc1ccc2c(c1)CCN2C(N)=O)c1ccc(F)cc1. The molecule has 0 fully saturated rings. The van der Waals surface area contributed by atoms with Crippen molar-refractivity contribution in [3.05, 3.63) is 59.4 Å². The Morgan fingerprint density at radius 2 is 1.96 bits per heavy atom. The number of halogens is 1. The van der Waals surface area contributed by atoms with Crippen LogP contribution in [-0.4, -0.2) is 18.5 Å². The summed E-state index contributed by atoms with van der Waals surface area (Å²) in [6.45, 7) is 2.47. The number of benzene rings is 2. The fourth-order valence-corrected chi connectivity index (χ4v) is 3.21. The molecule has 0 saturated carbocycles. The number of hydrogen-bond donors (Lipinski definition) is 2. The minimum absolute atomic E-state index is 0.140. The maximum Gasteiger partial charge on any atom is 0.319 e. The number of nitrogens with two attached hydrogens (primary N) is 1. The highest BCUT2D eigenvalue weighted by molar-refractivity contribution is 5.97. The van der Waals surface area contributed by atoms with Crippen LogP contribution in [0.5, 0.6) is 0 Å². The second kappa shape index (κ2) is 6.93. The number of carbonyl (C=O) groups is 2. The number of primary amides is 1. The van der Waals surface area contributed by atoms with Gasteiger partial charge in [0.15, 0.2) is 0 Å². The molecule has 0 unspecified atom stereocenters. The van der Waals surface area contributed by atoms with Crippen LogP contribution in [-0.2, 0) is 11.2 Å². The van der Waals surface area contributed by atoms with Crippen molar-refractivity contribution in [3.8, 4) is 0 Å². The molecule has 2 aromatic carbocycles. The maximum absolute atomic E-state index is 13.1. The van der Waals surface area contributed by atoms with Gasteiger partial charge in [0.1, 0.15) is 5.82 Å². The number of rotatable bonds is 4. The molecule has 0 saturated heterocycles. The zero-order valence-electron chi connectivity index (χ0n) is 14.0. The third-order valence-corrected chi connectivity index (χ3v) is 4.51. The van der Waals surface area contributed by atoms with Gasteiger partial charge in [0.2, 0.25) is 5.91 Å². The molecule has 3 N–H and O–H groups in total. The summed E-state index contributed by atoms with van der Waals surface area (Å²) in [5.74, 6) is -0.813. The largest absolute Gasteiger partial charge is 0.351 e. The van der Waals surface area contributed by atoms with Gasteiger partial charge in [-0.15, -0.1) is 0 Å². The molecule has 1 aliphatic heterocycles. The Morgan fingerprint density at radius 3 is 2.60 bits per heavy atom. The number of anilines is 2. The summed E-state index contributed by atoms with van der Waals surface area (Å²) in [4.78, 5) is 25.5. The molecule has 0 aliphatic carbocycles. The number of carbonyl (C=O) groups excluding carboxylic acids is 2. The molecule has 1 heterocycles. The standard InChI is InChI=1S/C19H20FN3O2/c1-2-16(12-3-5-14(20)6-4-12)18(24)22-15-7-8-17-13(11-15)9-10-23(17)19(21)25/h3-8,11,16H,2,9-10H2,1H3,(H2,21,25)(H,22,24)/t16-/m1/s1. The first-order chi connectivity index (χ1) is 12.0. The molecule has 130 valence electrons. The van der Waals surface area contributed by atoms with Crippen molar-refractivity contribution >= 4 is 23.3 Å². The molecule has 2 aromatic rings. The zero-order chi connectivity index (χ0) is 18.0. The van der Waals surface area contributed by atoms with Crippen molar-refractivity contribution in [2.24, 2.45) is 5.73 Å². The number of hydrogen-bond acceptors (Lipinski definition) is 2. The summed E-state index contributed by atoms with van der Waals surface area (Å²) >= 11 is 0. The third kappa shape index (κ3) is 3.47. The van der Waals surface area contributed by atoms with E-state index in [0.29, 0.717) is 25.1 Å². The predicted molar refractivity (Wildman–Crippen MR) is 95.1 cm³/mol. The van der Waals surface area contributed by atoms with Crippen molar-refractivity contribution < 1.29 is 14.0 Å². The van der Waals surface area contributed by atoms with E-state index < -0.39 is 6.03 Å². The Hall–Kier alpha value is -2.89. The first-order valence-corrected chi connectivity index (χ1v) is 8.26. The van der Waals surface area contributed by atoms with Gasteiger partial charge >= 0.3 is 6.03 Å². The highest BCUT2D eigenvalue weighted by Crippen LogP contribution is 2.31. The van der Waals surface area contributed by atoms with E-state index in [1.807, 2.05) is 13.0 Å². The number of nitrogens with one attached hydrogen (secondary N) is 1. The molecule has 1 atom stereocenters. The van der Waals surface area contributed by atoms with Gasteiger partial charge in [-0.25, -0.2) is 9.18 Å².